The minimum atomic E-state index is -0.751. The van der Waals surface area contributed by atoms with E-state index in [4.69, 9.17) is 25.8 Å². The number of nitrogens with zero attached hydrogens (tertiary/aromatic N) is 2. The van der Waals surface area contributed by atoms with Gasteiger partial charge >= 0.3 is 5.97 Å². The highest BCUT2D eigenvalue weighted by atomic mass is 35.5. The van der Waals surface area contributed by atoms with Gasteiger partial charge in [0.1, 0.15) is 19.5 Å². The number of amides is 1. The topological polar surface area (TPSA) is 78.0 Å². The Hall–Kier alpha value is -3.36. The lowest BCUT2D eigenvalue weighted by molar-refractivity contribution is -0.148. The summed E-state index contributed by atoms with van der Waals surface area (Å²) in [7, 11) is 0. The molecule has 0 fully saturated rings. The van der Waals surface area contributed by atoms with Crippen molar-refractivity contribution in [3.05, 3.63) is 82.6 Å². The van der Waals surface area contributed by atoms with Crippen molar-refractivity contribution in [1.29, 1.82) is 0 Å². The van der Waals surface area contributed by atoms with Gasteiger partial charge in [-0.2, -0.15) is 0 Å². The fourth-order valence-electron chi connectivity index (χ4n) is 2.92. The third-order valence-corrected chi connectivity index (χ3v) is 5.64. The first-order chi connectivity index (χ1) is 15.6. The zero-order valence-electron chi connectivity index (χ0n) is 16.9. The second-order valence-electron chi connectivity index (χ2n) is 6.77. The first-order valence-corrected chi connectivity index (χ1v) is 11.0. The predicted molar refractivity (Wildman–Crippen MR) is 121 cm³/mol. The maximum absolute atomic E-state index is 13.0. The van der Waals surface area contributed by atoms with Crippen LogP contribution < -0.4 is 4.90 Å². The second kappa shape index (κ2) is 10.3. The lowest BCUT2D eigenvalue weighted by Crippen LogP contribution is -2.34. The molecule has 32 heavy (non-hydrogen) atoms. The largest absolute Gasteiger partial charge is 0.493 e. The summed E-state index contributed by atoms with van der Waals surface area (Å²) < 4.78 is 15.4. The molecule has 0 aliphatic carbocycles. The summed E-state index contributed by atoms with van der Waals surface area (Å²) in [6, 6.07) is 16.8. The molecule has 3 aromatic rings. The van der Waals surface area contributed by atoms with Crippen molar-refractivity contribution in [3.8, 4) is 11.3 Å². The van der Waals surface area contributed by atoms with Crippen LogP contribution >= 0.6 is 22.9 Å². The Bertz CT molecular complexity index is 1110. The molecule has 0 unspecified atom stereocenters. The maximum atomic E-state index is 13.0. The summed E-state index contributed by atoms with van der Waals surface area (Å²) in [5, 5.41) is 3.00. The highest BCUT2D eigenvalue weighted by Crippen LogP contribution is 2.29. The average Bonchev–Trinajstić information content (AvgIpc) is 3.32. The molecule has 0 saturated heterocycles. The Morgan fingerprint density at radius 1 is 1.09 bits per heavy atom. The van der Waals surface area contributed by atoms with E-state index in [1.165, 1.54) is 22.5 Å². The number of rotatable bonds is 7. The van der Waals surface area contributed by atoms with E-state index in [1.807, 2.05) is 47.8 Å². The molecule has 2 aromatic carbocycles. The van der Waals surface area contributed by atoms with Gasteiger partial charge in [0.25, 0.3) is 5.91 Å². The van der Waals surface area contributed by atoms with Crippen molar-refractivity contribution in [1.82, 2.24) is 4.98 Å². The Morgan fingerprint density at radius 2 is 1.88 bits per heavy atom. The van der Waals surface area contributed by atoms with Crippen molar-refractivity contribution in [3.63, 3.8) is 0 Å². The van der Waals surface area contributed by atoms with Crippen LogP contribution in [-0.4, -0.2) is 36.7 Å². The zero-order chi connectivity index (χ0) is 22.3. The molecule has 0 radical (unpaired) electrons. The van der Waals surface area contributed by atoms with Crippen molar-refractivity contribution in [2.24, 2.45) is 0 Å². The number of anilines is 1. The lowest BCUT2D eigenvalue weighted by atomic mass is 10.2. The summed E-state index contributed by atoms with van der Waals surface area (Å²) in [6.45, 7) is 0.442. The standard InChI is InChI=1S/C23H19ClN2O5S/c24-18-8-6-17(7-9-18)19-15-32-23(25-19)26(12-16-4-2-1-3-5-16)21(27)14-31-22(28)20-13-29-10-11-30-20/h1-9,13,15H,10-12,14H2. The molecular weight excluding hydrogens is 452 g/mol. The van der Waals surface area contributed by atoms with Crippen LogP contribution in [0.1, 0.15) is 5.56 Å². The van der Waals surface area contributed by atoms with Crippen molar-refractivity contribution >= 4 is 39.9 Å². The van der Waals surface area contributed by atoms with E-state index in [9.17, 15) is 9.59 Å². The van der Waals surface area contributed by atoms with Crippen molar-refractivity contribution in [2.75, 3.05) is 24.7 Å². The summed E-state index contributed by atoms with van der Waals surface area (Å²) in [4.78, 5) is 31.3. The van der Waals surface area contributed by atoms with E-state index in [1.54, 1.807) is 12.1 Å². The first kappa shape index (κ1) is 21.9. The number of aromatic nitrogens is 1. The molecule has 4 rings (SSSR count). The number of carbonyl (C=O) groups is 2. The van der Waals surface area contributed by atoms with Gasteiger partial charge in [-0.25, -0.2) is 9.78 Å². The van der Waals surface area contributed by atoms with Crippen molar-refractivity contribution < 1.29 is 23.8 Å². The molecule has 164 valence electrons. The number of thiazole rings is 1. The fourth-order valence-corrected chi connectivity index (χ4v) is 3.90. The van der Waals surface area contributed by atoms with Crippen LogP contribution in [0, 0.1) is 0 Å². The van der Waals surface area contributed by atoms with E-state index in [0.717, 1.165) is 16.8 Å². The van der Waals surface area contributed by atoms with Crippen LogP contribution in [0.4, 0.5) is 5.13 Å². The van der Waals surface area contributed by atoms with Gasteiger partial charge in [-0.15, -0.1) is 11.3 Å². The van der Waals surface area contributed by atoms with Crippen molar-refractivity contribution in [2.45, 2.75) is 6.54 Å². The Morgan fingerprint density at radius 3 is 2.59 bits per heavy atom. The highest BCUT2D eigenvalue weighted by molar-refractivity contribution is 7.14. The molecule has 1 aliphatic rings. The molecule has 0 bridgehead atoms. The number of halogens is 1. The smallest absolute Gasteiger partial charge is 0.377 e. The Kier molecular flexibility index (Phi) is 7.03. The van der Waals surface area contributed by atoms with E-state index >= 15 is 0 Å². The molecular formula is C23H19ClN2O5S. The van der Waals surface area contributed by atoms with E-state index in [0.29, 0.717) is 16.8 Å². The SMILES string of the molecule is O=C(OCC(=O)N(Cc1ccccc1)c1nc(-c2ccc(Cl)cc2)cs1)C1=COCCO1. The minimum Gasteiger partial charge on any atom is -0.493 e. The Labute approximate surface area is 193 Å². The summed E-state index contributed by atoms with van der Waals surface area (Å²) in [6.07, 6.45) is 1.19. The van der Waals surface area contributed by atoms with Gasteiger partial charge in [-0.1, -0.05) is 54.1 Å². The first-order valence-electron chi connectivity index (χ1n) is 9.77. The number of hydrogen-bond acceptors (Lipinski definition) is 7. The third-order valence-electron chi connectivity index (χ3n) is 4.52. The average molecular weight is 471 g/mol. The van der Waals surface area contributed by atoms with Gasteiger partial charge in [-0.3, -0.25) is 9.69 Å². The summed E-state index contributed by atoms with van der Waals surface area (Å²) in [5.74, 6) is -1.21. The minimum absolute atomic E-state index is 0.0575. The predicted octanol–water partition coefficient (Wildman–Crippen LogP) is 4.43. The van der Waals surface area contributed by atoms with Crippen LogP contribution in [0.3, 0.4) is 0 Å². The van der Waals surface area contributed by atoms with Gasteiger partial charge in [-0.05, 0) is 17.7 Å². The number of ether oxygens (including phenoxy) is 3. The lowest BCUT2D eigenvalue weighted by Gasteiger charge is -2.20. The number of esters is 1. The van der Waals surface area contributed by atoms with Crippen LogP contribution in [0.15, 0.2) is 72.0 Å². The highest BCUT2D eigenvalue weighted by Gasteiger charge is 2.24. The number of hydrogen-bond donors (Lipinski definition) is 0. The second-order valence-corrected chi connectivity index (χ2v) is 8.04. The molecule has 1 aliphatic heterocycles. The molecule has 0 spiro atoms. The molecule has 1 amide bonds. The van der Waals surface area contributed by atoms with Crippen LogP contribution in [-0.2, 0) is 30.3 Å². The van der Waals surface area contributed by atoms with Gasteiger partial charge in [0.05, 0.1) is 12.2 Å². The number of carbonyl (C=O) groups excluding carboxylic acids is 2. The summed E-state index contributed by atoms with van der Waals surface area (Å²) >= 11 is 7.30. The van der Waals surface area contributed by atoms with E-state index in [-0.39, 0.29) is 18.9 Å². The van der Waals surface area contributed by atoms with Gasteiger partial charge in [0.15, 0.2) is 11.7 Å². The van der Waals surface area contributed by atoms with E-state index < -0.39 is 18.5 Å². The van der Waals surface area contributed by atoms with Gasteiger partial charge in [0, 0.05) is 16.0 Å². The molecule has 0 saturated carbocycles. The van der Waals surface area contributed by atoms with E-state index in [2.05, 4.69) is 4.98 Å². The quantitative estimate of drug-likeness (QED) is 0.475. The van der Waals surface area contributed by atoms with Gasteiger partial charge in [0.2, 0.25) is 5.76 Å². The normalized spacial score (nSPS) is 12.8. The fraction of sp³-hybridized carbons (Fsp3) is 0.174. The monoisotopic (exact) mass is 470 g/mol. The number of benzene rings is 2. The zero-order valence-corrected chi connectivity index (χ0v) is 18.5. The molecule has 0 N–H and O–H groups in total. The molecule has 0 atom stereocenters. The third kappa shape index (κ3) is 5.46. The van der Waals surface area contributed by atoms with Crippen LogP contribution in [0.25, 0.3) is 11.3 Å². The molecule has 1 aromatic heterocycles. The summed E-state index contributed by atoms with van der Waals surface area (Å²) in [5.41, 5.74) is 2.53. The van der Waals surface area contributed by atoms with Crippen LogP contribution in [0.2, 0.25) is 5.02 Å². The Balaban J connectivity index is 1.52. The maximum Gasteiger partial charge on any atom is 0.377 e. The van der Waals surface area contributed by atoms with Crippen LogP contribution in [0.5, 0.6) is 0 Å². The molecule has 2 heterocycles. The molecule has 9 heteroatoms. The molecule has 7 nitrogen and oxygen atoms in total. The van der Waals surface area contributed by atoms with Gasteiger partial charge < -0.3 is 14.2 Å².